The van der Waals surface area contributed by atoms with Crippen LogP contribution in [-0.4, -0.2) is 38.9 Å². The Balaban J connectivity index is 1.84. The molecule has 2 atom stereocenters. The summed E-state index contributed by atoms with van der Waals surface area (Å²) in [6.07, 6.45) is 3.23. The average Bonchev–Trinajstić information content (AvgIpc) is 2.52. The first-order valence-electron chi connectivity index (χ1n) is 7.96. The monoisotopic (exact) mass is 338 g/mol. The summed E-state index contributed by atoms with van der Waals surface area (Å²) in [5.41, 5.74) is 0.560. The van der Waals surface area contributed by atoms with E-state index in [2.05, 4.69) is 0 Å². The minimum atomic E-state index is -3.03. The SMILES string of the molecule is COc1ccc(C(=O)C2CC3CCCC(C2)S3(=O)=O)cc1OC. The van der Waals surface area contributed by atoms with E-state index in [1.807, 2.05) is 0 Å². The van der Waals surface area contributed by atoms with E-state index >= 15 is 0 Å². The van der Waals surface area contributed by atoms with Gasteiger partial charge in [-0.1, -0.05) is 6.42 Å². The van der Waals surface area contributed by atoms with Gasteiger partial charge in [0.05, 0.1) is 24.7 Å². The number of hydrogen-bond donors (Lipinski definition) is 0. The number of methoxy groups -OCH3 is 2. The maximum atomic E-state index is 12.8. The number of ether oxygens (including phenoxy) is 2. The fraction of sp³-hybridized carbons (Fsp3) is 0.588. The third-order valence-electron chi connectivity index (χ3n) is 5.12. The van der Waals surface area contributed by atoms with Crippen LogP contribution in [0.4, 0.5) is 0 Å². The van der Waals surface area contributed by atoms with Gasteiger partial charge in [0.2, 0.25) is 0 Å². The third-order valence-corrected chi connectivity index (χ3v) is 7.83. The van der Waals surface area contributed by atoms with Crippen LogP contribution in [0.3, 0.4) is 0 Å². The molecule has 2 saturated heterocycles. The number of sulfone groups is 1. The van der Waals surface area contributed by atoms with Gasteiger partial charge in [-0.25, -0.2) is 8.42 Å². The summed E-state index contributed by atoms with van der Waals surface area (Å²) in [5.74, 6) is 0.888. The van der Waals surface area contributed by atoms with Crippen LogP contribution in [0.2, 0.25) is 0 Å². The van der Waals surface area contributed by atoms with E-state index in [1.54, 1.807) is 25.3 Å². The summed E-state index contributed by atoms with van der Waals surface area (Å²) >= 11 is 0. The van der Waals surface area contributed by atoms with Gasteiger partial charge in [0.15, 0.2) is 27.1 Å². The zero-order valence-corrected chi connectivity index (χ0v) is 14.3. The van der Waals surface area contributed by atoms with Crippen LogP contribution in [0.25, 0.3) is 0 Å². The highest BCUT2D eigenvalue weighted by atomic mass is 32.2. The van der Waals surface area contributed by atoms with E-state index in [4.69, 9.17) is 9.47 Å². The molecule has 2 fully saturated rings. The van der Waals surface area contributed by atoms with Gasteiger partial charge < -0.3 is 9.47 Å². The zero-order valence-electron chi connectivity index (χ0n) is 13.4. The van der Waals surface area contributed by atoms with Gasteiger partial charge in [-0.05, 0) is 43.9 Å². The lowest BCUT2D eigenvalue weighted by Crippen LogP contribution is -2.45. The second-order valence-corrected chi connectivity index (χ2v) is 8.88. The van der Waals surface area contributed by atoms with E-state index in [9.17, 15) is 13.2 Å². The molecule has 126 valence electrons. The molecule has 2 aliphatic rings. The largest absolute Gasteiger partial charge is 0.493 e. The summed E-state index contributed by atoms with van der Waals surface area (Å²) in [6.45, 7) is 0. The zero-order chi connectivity index (χ0) is 16.6. The van der Waals surface area contributed by atoms with Gasteiger partial charge >= 0.3 is 0 Å². The number of hydrogen-bond acceptors (Lipinski definition) is 5. The molecule has 3 rings (SSSR count). The second-order valence-electron chi connectivity index (χ2n) is 6.37. The molecule has 1 aromatic rings. The lowest BCUT2D eigenvalue weighted by atomic mass is 9.84. The first-order chi connectivity index (χ1) is 11.0. The number of fused-ring (bicyclic) bond motifs is 2. The average molecular weight is 338 g/mol. The first-order valence-corrected chi connectivity index (χ1v) is 9.57. The predicted molar refractivity (Wildman–Crippen MR) is 86.9 cm³/mol. The van der Waals surface area contributed by atoms with Crippen LogP contribution in [0.15, 0.2) is 18.2 Å². The molecule has 2 unspecified atom stereocenters. The van der Waals surface area contributed by atoms with Gasteiger partial charge in [-0.3, -0.25) is 4.79 Å². The summed E-state index contributed by atoms with van der Waals surface area (Å²) in [5, 5.41) is -0.687. The summed E-state index contributed by atoms with van der Waals surface area (Å²) in [6, 6.07) is 5.12. The Morgan fingerprint density at radius 3 is 2.22 bits per heavy atom. The van der Waals surface area contributed by atoms with Gasteiger partial charge in [0.1, 0.15) is 0 Å². The van der Waals surface area contributed by atoms with Gasteiger partial charge in [0, 0.05) is 11.5 Å². The van der Waals surface area contributed by atoms with E-state index in [0.717, 1.165) is 6.42 Å². The van der Waals surface area contributed by atoms with Crippen LogP contribution in [-0.2, 0) is 9.84 Å². The molecule has 2 bridgehead atoms. The van der Waals surface area contributed by atoms with E-state index in [1.165, 1.54) is 7.11 Å². The van der Waals surface area contributed by atoms with Crippen molar-refractivity contribution < 1.29 is 22.7 Å². The van der Waals surface area contributed by atoms with Crippen molar-refractivity contribution in [1.82, 2.24) is 0 Å². The Bertz CT molecular complexity index is 690. The van der Waals surface area contributed by atoms with Crippen LogP contribution in [0.1, 0.15) is 42.5 Å². The first kappa shape index (κ1) is 16.3. The molecule has 1 aromatic carbocycles. The quantitative estimate of drug-likeness (QED) is 0.789. The maximum Gasteiger partial charge on any atom is 0.166 e. The van der Waals surface area contributed by atoms with Crippen molar-refractivity contribution in [2.45, 2.75) is 42.6 Å². The standard InChI is InChI=1S/C17H22O5S/c1-21-15-7-6-11(10-16(15)22-2)17(18)12-8-13-4-3-5-14(9-12)23(13,19)20/h6-7,10,12-14H,3-5,8-9H2,1-2H3. The number of carbonyl (C=O) groups is 1. The highest BCUT2D eigenvalue weighted by Gasteiger charge is 2.46. The molecule has 0 saturated carbocycles. The molecule has 0 aromatic heterocycles. The van der Waals surface area contributed by atoms with E-state index in [0.29, 0.717) is 42.7 Å². The summed E-state index contributed by atoms with van der Waals surface area (Å²) in [7, 11) is 0.0450. The van der Waals surface area contributed by atoms with Crippen molar-refractivity contribution in [3.05, 3.63) is 23.8 Å². The molecule has 0 amide bonds. The molecule has 2 aliphatic heterocycles. The number of ketones is 1. The molecular formula is C17H22O5S. The Morgan fingerprint density at radius 2 is 1.65 bits per heavy atom. The van der Waals surface area contributed by atoms with Crippen LogP contribution in [0.5, 0.6) is 11.5 Å². The van der Waals surface area contributed by atoms with Gasteiger partial charge in [-0.15, -0.1) is 0 Å². The van der Waals surface area contributed by atoms with Crippen molar-refractivity contribution in [1.29, 1.82) is 0 Å². The number of Topliss-reactive ketones (excluding diaryl/α,β-unsaturated/α-hetero) is 1. The van der Waals surface area contributed by atoms with Gasteiger partial charge in [0.25, 0.3) is 0 Å². The van der Waals surface area contributed by atoms with Gasteiger partial charge in [-0.2, -0.15) is 0 Å². The van der Waals surface area contributed by atoms with Crippen LogP contribution >= 0.6 is 0 Å². The maximum absolute atomic E-state index is 12.8. The van der Waals surface area contributed by atoms with Crippen LogP contribution < -0.4 is 9.47 Å². The molecule has 6 heteroatoms. The Hall–Kier alpha value is -1.56. The topological polar surface area (TPSA) is 69.7 Å². The Labute approximate surface area is 136 Å². The Morgan fingerprint density at radius 1 is 1.04 bits per heavy atom. The van der Waals surface area contributed by atoms with E-state index in [-0.39, 0.29) is 22.2 Å². The minimum Gasteiger partial charge on any atom is -0.493 e. The molecule has 0 spiro atoms. The lowest BCUT2D eigenvalue weighted by molar-refractivity contribution is 0.0893. The molecular weight excluding hydrogens is 316 g/mol. The molecule has 2 heterocycles. The highest BCUT2D eigenvalue weighted by Crippen LogP contribution is 2.41. The van der Waals surface area contributed by atoms with Crippen molar-refractivity contribution in [2.24, 2.45) is 5.92 Å². The van der Waals surface area contributed by atoms with Crippen molar-refractivity contribution in [2.75, 3.05) is 14.2 Å². The molecule has 0 N–H and O–H groups in total. The molecule has 5 nitrogen and oxygen atoms in total. The predicted octanol–water partition coefficient (Wildman–Crippen LogP) is 2.63. The summed E-state index contributed by atoms with van der Waals surface area (Å²) < 4.78 is 35.1. The lowest BCUT2D eigenvalue weighted by Gasteiger charge is -2.38. The summed E-state index contributed by atoms with van der Waals surface area (Å²) in [4.78, 5) is 12.8. The molecule has 23 heavy (non-hydrogen) atoms. The smallest absolute Gasteiger partial charge is 0.166 e. The number of benzene rings is 1. The molecule has 0 aliphatic carbocycles. The van der Waals surface area contributed by atoms with Crippen molar-refractivity contribution in [3.8, 4) is 11.5 Å². The van der Waals surface area contributed by atoms with Crippen molar-refractivity contribution in [3.63, 3.8) is 0 Å². The third kappa shape index (κ3) is 2.84. The normalized spacial score (nSPS) is 28.9. The number of rotatable bonds is 4. The highest BCUT2D eigenvalue weighted by molar-refractivity contribution is 7.92. The van der Waals surface area contributed by atoms with Crippen LogP contribution in [0, 0.1) is 5.92 Å². The Kier molecular flexibility index (Phi) is 4.36. The van der Waals surface area contributed by atoms with Crippen molar-refractivity contribution >= 4 is 15.6 Å². The number of carbonyl (C=O) groups excluding carboxylic acids is 1. The molecule has 0 radical (unpaired) electrons. The fourth-order valence-corrected chi connectivity index (χ4v) is 6.38. The second kappa shape index (κ2) is 6.15. The fourth-order valence-electron chi connectivity index (χ4n) is 3.85. The van der Waals surface area contributed by atoms with E-state index < -0.39 is 9.84 Å². The minimum absolute atomic E-state index is 0.0118.